The molecular formula is C10H21N3O2S. The summed E-state index contributed by atoms with van der Waals surface area (Å²) in [6.45, 7) is 4.51. The maximum atomic E-state index is 11.2. The predicted molar refractivity (Wildman–Crippen MR) is 67.4 cm³/mol. The summed E-state index contributed by atoms with van der Waals surface area (Å²) < 4.78 is 0. The van der Waals surface area contributed by atoms with Crippen molar-refractivity contribution < 1.29 is 9.59 Å². The molecule has 0 rings (SSSR count). The number of hydrogen-bond acceptors (Lipinski definition) is 4. The normalized spacial score (nSPS) is 11.9. The average molecular weight is 247 g/mol. The first-order chi connectivity index (χ1) is 7.56. The van der Waals surface area contributed by atoms with Gasteiger partial charge in [-0.25, -0.2) is 4.79 Å². The maximum Gasteiger partial charge on any atom is 0.321 e. The standard InChI is InChI=1S/C10H21N3O2S/c1-3-4-5-12-10(15)13-9(14)7-16-6-8(2)11/h8H,3-7,11H2,1-2H3,(H2,12,13,14,15). The number of carbonyl (C=O) groups is 2. The second-order valence-corrected chi connectivity index (χ2v) is 4.68. The Labute approximate surface area is 101 Å². The van der Waals surface area contributed by atoms with E-state index >= 15 is 0 Å². The fourth-order valence-corrected chi connectivity index (χ4v) is 1.67. The average Bonchev–Trinajstić information content (AvgIpc) is 2.17. The Morgan fingerprint density at radius 1 is 1.44 bits per heavy atom. The van der Waals surface area contributed by atoms with E-state index in [1.807, 2.05) is 13.8 Å². The van der Waals surface area contributed by atoms with Crippen molar-refractivity contribution in [1.29, 1.82) is 0 Å². The van der Waals surface area contributed by atoms with Gasteiger partial charge in [0.05, 0.1) is 5.75 Å². The molecule has 6 heteroatoms. The van der Waals surface area contributed by atoms with E-state index in [1.54, 1.807) is 0 Å². The van der Waals surface area contributed by atoms with E-state index in [4.69, 9.17) is 5.73 Å². The summed E-state index contributed by atoms with van der Waals surface area (Å²) in [6, 6.07) is -0.351. The molecule has 5 nitrogen and oxygen atoms in total. The number of hydrogen-bond donors (Lipinski definition) is 3. The molecule has 0 saturated carbocycles. The van der Waals surface area contributed by atoms with Crippen molar-refractivity contribution in [1.82, 2.24) is 10.6 Å². The maximum absolute atomic E-state index is 11.2. The molecule has 16 heavy (non-hydrogen) atoms. The molecule has 0 spiro atoms. The lowest BCUT2D eigenvalue weighted by atomic mass is 10.3. The van der Waals surface area contributed by atoms with Crippen LogP contribution in [-0.4, -0.2) is 36.0 Å². The molecule has 0 aliphatic rings. The Kier molecular flexibility index (Phi) is 9.03. The molecule has 0 aromatic rings. The largest absolute Gasteiger partial charge is 0.338 e. The van der Waals surface area contributed by atoms with Crippen molar-refractivity contribution in [2.75, 3.05) is 18.1 Å². The zero-order valence-electron chi connectivity index (χ0n) is 9.91. The highest BCUT2D eigenvalue weighted by Crippen LogP contribution is 2.00. The van der Waals surface area contributed by atoms with E-state index in [1.165, 1.54) is 11.8 Å². The summed E-state index contributed by atoms with van der Waals surface area (Å²) in [7, 11) is 0. The van der Waals surface area contributed by atoms with Crippen molar-refractivity contribution in [2.24, 2.45) is 5.73 Å². The van der Waals surface area contributed by atoms with Gasteiger partial charge in [-0.3, -0.25) is 10.1 Å². The van der Waals surface area contributed by atoms with Crippen LogP contribution in [0.3, 0.4) is 0 Å². The zero-order chi connectivity index (χ0) is 12.4. The van der Waals surface area contributed by atoms with Gasteiger partial charge in [0.2, 0.25) is 5.91 Å². The van der Waals surface area contributed by atoms with E-state index in [-0.39, 0.29) is 17.7 Å². The summed E-state index contributed by atoms with van der Waals surface area (Å²) in [4.78, 5) is 22.4. The van der Waals surface area contributed by atoms with Gasteiger partial charge in [0.25, 0.3) is 0 Å². The van der Waals surface area contributed by atoms with Gasteiger partial charge in [0, 0.05) is 18.3 Å². The van der Waals surface area contributed by atoms with Crippen molar-refractivity contribution in [3.8, 4) is 0 Å². The molecular weight excluding hydrogens is 226 g/mol. The second kappa shape index (κ2) is 9.47. The second-order valence-electron chi connectivity index (χ2n) is 3.65. The number of carbonyl (C=O) groups excluding carboxylic acids is 2. The number of unbranched alkanes of at least 4 members (excludes halogenated alkanes) is 1. The van der Waals surface area contributed by atoms with Gasteiger partial charge >= 0.3 is 6.03 Å². The van der Waals surface area contributed by atoms with Gasteiger partial charge in [-0.2, -0.15) is 11.8 Å². The van der Waals surface area contributed by atoms with Crippen molar-refractivity contribution in [3.63, 3.8) is 0 Å². The van der Waals surface area contributed by atoms with Gasteiger partial charge in [-0.05, 0) is 13.3 Å². The number of amides is 3. The lowest BCUT2D eigenvalue weighted by molar-refractivity contribution is -0.117. The SMILES string of the molecule is CCCCNC(=O)NC(=O)CSCC(C)N. The Bertz CT molecular complexity index is 222. The molecule has 94 valence electrons. The number of nitrogens with two attached hydrogens (primary N) is 1. The van der Waals surface area contributed by atoms with Crippen LogP contribution in [-0.2, 0) is 4.79 Å². The Balaban J connectivity index is 3.50. The van der Waals surface area contributed by atoms with Crippen LogP contribution in [0.5, 0.6) is 0 Å². The van der Waals surface area contributed by atoms with Crippen molar-refractivity contribution in [2.45, 2.75) is 32.7 Å². The van der Waals surface area contributed by atoms with E-state index in [0.717, 1.165) is 12.8 Å². The Hall–Kier alpha value is -0.750. The summed E-state index contributed by atoms with van der Waals surface area (Å²) in [5, 5.41) is 4.87. The van der Waals surface area contributed by atoms with Crippen molar-refractivity contribution >= 4 is 23.7 Å². The third-order valence-corrected chi connectivity index (χ3v) is 2.91. The summed E-state index contributed by atoms with van der Waals surface area (Å²) >= 11 is 1.42. The zero-order valence-corrected chi connectivity index (χ0v) is 10.7. The molecule has 0 aromatic carbocycles. The van der Waals surface area contributed by atoms with Gasteiger partial charge in [0.15, 0.2) is 0 Å². The first kappa shape index (κ1) is 15.2. The molecule has 3 amide bonds. The van der Waals surface area contributed by atoms with Gasteiger partial charge < -0.3 is 11.1 Å². The first-order valence-corrected chi connectivity index (χ1v) is 6.62. The number of imide groups is 1. The lowest BCUT2D eigenvalue weighted by Gasteiger charge is -2.06. The summed E-state index contributed by atoms with van der Waals surface area (Å²) in [5.41, 5.74) is 5.53. The minimum atomic E-state index is -0.417. The number of rotatable bonds is 7. The van der Waals surface area contributed by atoms with Crippen molar-refractivity contribution in [3.05, 3.63) is 0 Å². The number of thioether (sulfide) groups is 1. The fraction of sp³-hybridized carbons (Fsp3) is 0.800. The molecule has 0 heterocycles. The minimum absolute atomic E-state index is 0.0659. The van der Waals surface area contributed by atoms with E-state index in [0.29, 0.717) is 12.3 Å². The predicted octanol–water partition coefficient (Wildman–Crippen LogP) is 0.693. The molecule has 0 saturated heterocycles. The Morgan fingerprint density at radius 2 is 2.12 bits per heavy atom. The van der Waals surface area contributed by atoms with Gasteiger partial charge in [-0.15, -0.1) is 0 Å². The third kappa shape index (κ3) is 9.79. The summed E-state index contributed by atoms with van der Waals surface area (Å²) in [6.07, 6.45) is 1.93. The van der Waals surface area contributed by atoms with Gasteiger partial charge in [0.1, 0.15) is 0 Å². The van der Waals surface area contributed by atoms with Crippen LogP contribution in [0.15, 0.2) is 0 Å². The molecule has 0 aromatic heterocycles. The third-order valence-electron chi connectivity index (χ3n) is 1.68. The van der Waals surface area contributed by atoms with Gasteiger partial charge in [-0.1, -0.05) is 13.3 Å². The molecule has 0 radical (unpaired) electrons. The molecule has 0 bridgehead atoms. The fourth-order valence-electron chi connectivity index (χ4n) is 0.923. The van der Waals surface area contributed by atoms with E-state index in [2.05, 4.69) is 10.6 Å². The highest BCUT2D eigenvalue weighted by Gasteiger charge is 2.07. The molecule has 0 fully saturated rings. The quantitative estimate of drug-likeness (QED) is 0.578. The van der Waals surface area contributed by atoms with E-state index in [9.17, 15) is 9.59 Å². The van der Waals surface area contributed by atoms with Crippen LogP contribution in [0.4, 0.5) is 4.79 Å². The molecule has 4 N–H and O–H groups in total. The Morgan fingerprint density at radius 3 is 2.69 bits per heavy atom. The van der Waals surface area contributed by atoms with Crippen LogP contribution < -0.4 is 16.4 Å². The van der Waals surface area contributed by atoms with Crippen LogP contribution in [0.2, 0.25) is 0 Å². The molecule has 0 aliphatic carbocycles. The van der Waals surface area contributed by atoms with E-state index < -0.39 is 6.03 Å². The number of urea groups is 1. The highest BCUT2D eigenvalue weighted by molar-refractivity contribution is 8.00. The van der Waals surface area contributed by atoms with Crippen LogP contribution in [0.25, 0.3) is 0 Å². The lowest BCUT2D eigenvalue weighted by Crippen LogP contribution is -2.40. The molecule has 1 atom stereocenters. The molecule has 1 unspecified atom stereocenters. The van der Waals surface area contributed by atoms with Crippen LogP contribution in [0, 0.1) is 0 Å². The minimum Gasteiger partial charge on any atom is -0.338 e. The van der Waals surface area contributed by atoms with Crippen LogP contribution in [0.1, 0.15) is 26.7 Å². The highest BCUT2D eigenvalue weighted by atomic mass is 32.2. The smallest absolute Gasteiger partial charge is 0.321 e. The topological polar surface area (TPSA) is 84.2 Å². The first-order valence-electron chi connectivity index (χ1n) is 5.47. The van der Waals surface area contributed by atoms with Crippen LogP contribution >= 0.6 is 11.8 Å². The number of nitrogens with one attached hydrogen (secondary N) is 2. The summed E-state index contributed by atoms with van der Waals surface area (Å²) in [5.74, 6) is 0.702. The molecule has 0 aliphatic heterocycles. The monoisotopic (exact) mass is 247 g/mol.